The average Bonchev–Trinajstić information content (AvgIpc) is 2.94. The van der Waals surface area contributed by atoms with Gasteiger partial charge in [-0.3, -0.25) is 5.43 Å². The molecule has 1 aromatic carbocycles. The van der Waals surface area contributed by atoms with E-state index < -0.39 is 5.97 Å². The predicted molar refractivity (Wildman–Crippen MR) is 104 cm³/mol. The lowest BCUT2D eigenvalue weighted by molar-refractivity contribution is -0.305. The average molecular weight is 372 g/mol. The van der Waals surface area contributed by atoms with Crippen molar-refractivity contribution < 1.29 is 14.3 Å². The van der Waals surface area contributed by atoms with Gasteiger partial charge in [-0.25, -0.2) is 0 Å². The van der Waals surface area contributed by atoms with Crippen molar-refractivity contribution in [1.29, 1.82) is 0 Å². The molecule has 138 valence electrons. The maximum absolute atomic E-state index is 10.6. The first-order valence-electron chi connectivity index (χ1n) is 8.24. The molecule has 0 saturated carbocycles. The van der Waals surface area contributed by atoms with E-state index >= 15 is 0 Å². The summed E-state index contributed by atoms with van der Waals surface area (Å²) in [6.07, 6.45) is 0.210. The van der Waals surface area contributed by atoms with Gasteiger partial charge in [0.2, 0.25) is 0 Å². The van der Waals surface area contributed by atoms with Crippen LogP contribution in [-0.2, 0) is 11.2 Å². The Balaban J connectivity index is 2.00. The van der Waals surface area contributed by atoms with Crippen LogP contribution in [0.25, 0.3) is 0 Å². The fourth-order valence-electron chi connectivity index (χ4n) is 2.55. The fraction of sp³-hybridized carbons (Fsp3) is 0.316. The lowest BCUT2D eigenvalue weighted by atomic mass is 10.1. The van der Waals surface area contributed by atoms with Gasteiger partial charge >= 0.3 is 0 Å². The molecule has 2 aromatic rings. The van der Waals surface area contributed by atoms with Gasteiger partial charge < -0.3 is 19.6 Å². The third-order valence-electron chi connectivity index (χ3n) is 3.89. The van der Waals surface area contributed by atoms with Crippen molar-refractivity contribution in [3.05, 3.63) is 52.5 Å². The fourth-order valence-corrected chi connectivity index (χ4v) is 2.71. The van der Waals surface area contributed by atoms with Crippen LogP contribution >= 0.6 is 12.2 Å². The molecule has 0 atom stereocenters. The largest absolute Gasteiger partial charge is 0.550 e. The molecule has 0 saturated heterocycles. The zero-order chi connectivity index (χ0) is 19.3. The zero-order valence-electron chi connectivity index (χ0n) is 15.3. The second-order valence-corrected chi connectivity index (χ2v) is 6.54. The molecular weight excluding hydrogens is 350 g/mol. The maximum Gasteiger partial charge on any atom is 0.191 e. The molecule has 0 amide bonds. The van der Waals surface area contributed by atoms with Crippen LogP contribution in [0.4, 0.5) is 5.69 Å². The Morgan fingerprint density at radius 1 is 1.27 bits per heavy atom. The van der Waals surface area contributed by atoms with Gasteiger partial charge in [-0.1, -0.05) is 17.7 Å². The number of rotatable bonds is 6. The highest BCUT2D eigenvalue weighted by atomic mass is 32.1. The number of benzene rings is 1. The van der Waals surface area contributed by atoms with E-state index in [2.05, 4.69) is 21.9 Å². The highest BCUT2D eigenvalue weighted by molar-refractivity contribution is 7.80. The first-order valence-corrected chi connectivity index (χ1v) is 8.65. The second-order valence-electron chi connectivity index (χ2n) is 6.14. The van der Waals surface area contributed by atoms with Crippen molar-refractivity contribution in [3.8, 4) is 0 Å². The van der Waals surface area contributed by atoms with Crippen LogP contribution in [0.3, 0.4) is 0 Å². The summed E-state index contributed by atoms with van der Waals surface area (Å²) in [5.41, 5.74) is 7.52. The van der Waals surface area contributed by atoms with Crippen LogP contribution in [0.5, 0.6) is 0 Å². The molecule has 2 rings (SSSR count). The zero-order valence-corrected chi connectivity index (χ0v) is 16.1. The highest BCUT2D eigenvalue weighted by Gasteiger charge is 2.10. The second kappa shape index (κ2) is 8.62. The number of furan rings is 1. The van der Waals surface area contributed by atoms with Crippen LogP contribution in [0.15, 0.2) is 33.8 Å². The summed E-state index contributed by atoms with van der Waals surface area (Å²) in [6, 6.07) is 7.84. The molecule has 0 radical (unpaired) electrons. The molecule has 0 aliphatic carbocycles. The van der Waals surface area contributed by atoms with Gasteiger partial charge in [0.05, 0.1) is 5.71 Å². The maximum atomic E-state index is 10.6. The third-order valence-corrected chi connectivity index (χ3v) is 4.08. The molecule has 6 nitrogen and oxygen atoms in total. The number of carboxylic acid groups (broad SMARTS) is 1. The normalized spacial score (nSPS) is 11.3. The molecule has 2 N–H and O–H groups in total. The van der Waals surface area contributed by atoms with Crippen molar-refractivity contribution in [2.75, 3.05) is 5.32 Å². The Morgan fingerprint density at radius 3 is 2.65 bits per heavy atom. The Morgan fingerprint density at radius 2 is 2.00 bits per heavy atom. The number of carbonyl (C=O) groups excluding carboxylic acids is 1. The quantitative estimate of drug-likeness (QED) is 0.460. The number of carboxylic acids is 1. The molecule has 0 unspecified atom stereocenters. The van der Waals surface area contributed by atoms with E-state index in [0.717, 1.165) is 16.8 Å². The lowest BCUT2D eigenvalue weighted by Crippen LogP contribution is -2.25. The van der Waals surface area contributed by atoms with Crippen LogP contribution in [0.2, 0.25) is 0 Å². The molecule has 7 heteroatoms. The van der Waals surface area contributed by atoms with Gasteiger partial charge in [0.1, 0.15) is 11.5 Å². The molecular formula is C19H22N3O3S-. The smallest absolute Gasteiger partial charge is 0.191 e. The van der Waals surface area contributed by atoms with Crippen LogP contribution in [-0.4, -0.2) is 16.8 Å². The topological polar surface area (TPSA) is 89.7 Å². The van der Waals surface area contributed by atoms with E-state index in [1.54, 1.807) is 6.07 Å². The van der Waals surface area contributed by atoms with Crippen molar-refractivity contribution >= 4 is 34.7 Å². The van der Waals surface area contributed by atoms with Gasteiger partial charge in [0.15, 0.2) is 5.11 Å². The highest BCUT2D eigenvalue weighted by Crippen LogP contribution is 2.17. The summed E-state index contributed by atoms with van der Waals surface area (Å²) in [4.78, 5) is 10.6. The van der Waals surface area contributed by atoms with E-state index in [-0.39, 0.29) is 12.8 Å². The van der Waals surface area contributed by atoms with Gasteiger partial charge in [0, 0.05) is 23.6 Å². The van der Waals surface area contributed by atoms with E-state index in [9.17, 15) is 9.90 Å². The number of nitrogens with zero attached hydrogens (tertiary/aromatic N) is 1. The summed E-state index contributed by atoms with van der Waals surface area (Å²) >= 11 is 5.28. The van der Waals surface area contributed by atoms with Gasteiger partial charge in [0.25, 0.3) is 0 Å². The predicted octanol–water partition coefficient (Wildman–Crippen LogP) is 2.60. The molecule has 0 aliphatic rings. The first-order chi connectivity index (χ1) is 12.3. The van der Waals surface area contributed by atoms with Crippen LogP contribution < -0.4 is 15.8 Å². The summed E-state index contributed by atoms with van der Waals surface area (Å²) in [5, 5.41) is 18.3. The number of nitrogens with one attached hydrogen (secondary N) is 2. The lowest BCUT2D eigenvalue weighted by Gasteiger charge is -2.11. The molecule has 0 bridgehead atoms. The minimum atomic E-state index is -1.10. The molecule has 26 heavy (non-hydrogen) atoms. The van der Waals surface area contributed by atoms with Crippen LogP contribution in [0, 0.1) is 20.8 Å². The van der Waals surface area contributed by atoms with E-state index in [1.807, 2.05) is 39.8 Å². The minimum Gasteiger partial charge on any atom is -0.550 e. The van der Waals surface area contributed by atoms with Gasteiger partial charge in [-0.15, -0.1) is 0 Å². The first kappa shape index (κ1) is 19.7. The number of hydrogen-bond donors (Lipinski definition) is 2. The molecule has 1 heterocycles. The van der Waals surface area contributed by atoms with Crippen molar-refractivity contribution in [2.24, 2.45) is 5.10 Å². The van der Waals surface area contributed by atoms with Crippen LogP contribution in [0.1, 0.15) is 41.6 Å². The monoisotopic (exact) mass is 372 g/mol. The molecule has 0 fully saturated rings. The number of anilines is 1. The number of aryl methyl sites for hydroxylation is 4. The standard InChI is InChI=1S/C19H23N3O3S/c1-11-5-7-17(12(2)9-11)20-19(26)22-21-13(3)16-10-15(25-14(16)4)6-8-18(23)24/h5,7,9-10H,6,8H2,1-4H3,(H,23,24)(H2,20,22,26)/p-1/b21-13-. The summed E-state index contributed by atoms with van der Waals surface area (Å²) in [5.74, 6) is 0.164. The van der Waals surface area contributed by atoms with E-state index in [4.69, 9.17) is 16.6 Å². The van der Waals surface area contributed by atoms with Crippen molar-refractivity contribution in [3.63, 3.8) is 0 Å². The van der Waals surface area contributed by atoms with Crippen molar-refractivity contribution in [1.82, 2.24) is 5.43 Å². The molecule has 1 aromatic heterocycles. The van der Waals surface area contributed by atoms with Gasteiger partial charge in [-0.05, 0) is 64.0 Å². The SMILES string of the molecule is C/C(=N/NC(=S)Nc1ccc(C)cc1C)c1cc(CCC(=O)[O-])oc1C. The third kappa shape index (κ3) is 5.42. The van der Waals surface area contributed by atoms with E-state index in [0.29, 0.717) is 22.3 Å². The summed E-state index contributed by atoms with van der Waals surface area (Å²) in [6.45, 7) is 7.68. The number of hydrazone groups is 1. The van der Waals surface area contributed by atoms with Crippen molar-refractivity contribution in [2.45, 2.75) is 40.5 Å². The Hall–Kier alpha value is -2.67. The Kier molecular flexibility index (Phi) is 6.52. The molecule has 0 spiro atoms. The van der Waals surface area contributed by atoms with Gasteiger partial charge in [-0.2, -0.15) is 5.10 Å². The summed E-state index contributed by atoms with van der Waals surface area (Å²) in [7, 11) is 0. The Labute approximate surface area is 158 Å². The minimum absolute atomic E-state index is 0.0786. The molecule has 0 aliphatic heterocycles. The number of hydrogen-bond acceptors (Lipinski definition) is 5. The van der Waals surface area contributed by atoms with E-state index in [1.165, 1.54) is 5.56 Å². The number of carbonyl (C=O) groups is 1. The Bertz CT molecular complexity index is 856. The number of thiocarbonyl (C=S) groups is 1. The summed E-state index contributed by atoms with van der Waals surface area (Å²) < 4.78 is 5.57. The number of aliphatic carboxylic acids is 1.